The molecule has 0 aliphatic rings. The number of hydrogen-bond donors (Lipinski definition) is 2. The molecule has 3 aromatic carbocycles. The van der Waals surface area contributed by atoms with E-state index >= 15 is 0 Å². The standard InChI is InChI=1S/C22H18F3N3O5S/c23-22(24,25)16-10-8-15(9-11-16)19-6-1-2-7-20(19)21(29)26-12-13-27-34(32,33)18-5-3-4-17(14-18)28(30)31/h1-11,14,27H,12-13H2,(H,26,29). The predicted octanol–water partition coefficient (Wildman–Crippen LogP) is 3.99. The second-order valence-electron chi connectivity index (χ2n) is 7.03. The first-order chi connectivity index (χ1) is 16.0. The molecule has 0 heterocycles. The minimum atomic E-state index is -4.48. The molecule has 178 valence electrons. The minimum Gasteiger partial charge on any atom is -0.351 e. The molecule has 0 atom stereocenters. The zero-order chi connectivity index (χ0) is 24.9. The number of benzene rings is 3. The summed E-state index contributed by atoms with van der Waals surface area (Å²) in [5, 5.41) is 13.4. The number of hydrogen-bond acceptors (Lipinski definition) is 5. The van der Waals surface area contributed by atoms with Crippen LogP contribution in [-0.2, 0) is 16.2 Å². The number of carbonyl (C=O) groups is 1. The van der Waals surface area contributed by atoms with E-state index in [2.05, 4.69) is 10.0 Å². The highest BCUT2D eigenvalue weighted by atomic mass is 32.2. The maximum absolute atomic E-state index is 12.8. The number of rotatable bonds is 8. The number of nitro benzene ring substituents is 1. The Morgan fingerprint density at radius 2 is 1.62 bits per heavy atom. The fourth-order valence-electron chi connectivity index (χ4n) is 3.08. The SMILES string of the molecule is O=C(NCCNS(=O)(=O)c1cccc([N+](=O)[O-])c1)c1ccccc1-c1ccc(C(F)(F)F)cc1. The Hall–Kier alpha value is -3.77. The Bertz CT molecular complexity index is 1310. The lowest BCUT2D eigenvalue weighted by Gasteiger charge is -2.12. The molecule has 0 fully saturated rings. The van der Waals surface area contributed by atoms with Crippen LogP contribution < -0.4 is 10.0 Å². The molecule has 0 spiro atoms. The van der Waals surface area contributed by atoms with E-state index in [9.17, 15) is 36.5 Å². The van der Waals surface area contributed by atoms with Gasteiger partial charge in [0.25, 0.3) is 11.6 Å². The molecule has 12 heteroatoms. The lowest BCUT2D eigenvalue weighted by molar-refractivity contribution is -0.385. The zero-order valence-electron chi connectivity index (χ0n) is 17.4. The molecule has 3 rings (SSSR count). The van der Waals surface area contributed by atoms with Crippen LogP contribution in [0.2, 0.25) is 0 Å². The molecule has 0 aliphatic heterocycles. The van der Waals surface area contributed by atoms with Crippen molar-refractivity contribution in [2.24, 2.45) is 0 Å². The molecule has 0 saturated carbocycles. The average Bonchev–Trinajstić information content (AvgIpc) is 2.81. The smallest absolute Gasteiger partial charge is 0.351 e. The summed E-state index contributed by atoms with van der Waals surface area (Å²) in [5.41, 5.74) is -0.176. The number of carbonyl (C=O) groups excluding carboxylic acids is 1. The maximum Gasteiger partial charge on any atom is 0.416 e. The molecular weight excluding hydrogens is 475 g/mol. The van der Waals surface area contributed by atoms with E-state index in [1.54, 1.807) is 18.2 Å². The van der Waals surface area contributed by atoms with Gasteiger partial charge in [0.05, 0.1) is 15.4 Å². The van der Waals surface area contributed by atoms with Crippen LogP contribution in [0.15, 0.2) is 77.7 Å². The fraction of sp³-hybridized carbons (Fsp3) is 0.136. The summed E-state index contributed by atoms with van der Waals surface area (Å²) in [6.45, 7) is -0.298. The Balaban J connectivity index is 1.65. The Labute approximate surface area is 192 Å². The molecular formula is C22H18F3N3O5S. The second kappa shape index (κ2) is 10.0. The van der Waals surface area contributed by atoms with Gasteiger partial charge in [-0.25, -0.2) is 13.1 Å². The van der Waals surface area contributed by atoms with Crippen LogP contribution in [0.5, 0.6) is 0 Å². The molecule has 0 radical (unpaired) electrons. The lowest BCUT2D eigenvalue weighted by atomic mass is 9.98. The summed E-state index contributed by atoms with van der Waals surface area (Å²) in [5.74, 6) is -0.551. The van der Waals surface area contributed by atoms with Crippen molar-refractivity contribution < 1.29 is 31.3 Å². The first-order valence-electron chi connectivity index (χ1n) is 9.78. The second-order valence-corrected chi connectivity index (χ2v) is 8.80. The average molecular weight is 493 g/mol. The van der Waals surface area contributed by atoms with Gasteiger partial charge in [0.2, 0.25) is 10.0 Å². The summed E-state index contributed by atoms with van der Waals surface area (Å²) in [4.78, 5) is 22.5. The van der Waals surface area contributed by atoms with Crippen molar-refractivity contribution in [1.29, 1.82) is 0 Å². The number of nitrogens with zero attached hydrogens (tertiary/aromatic N) is 1. The van der Waals surface area contributed by atoms with Gasteiger partial charge in [-0.2, -0.15) is 13.2 Å². The molecule has 0 aliphatic carbocycles. The molecule has 3 aromatic rings. The quantitative estimate of drug-likeness (QED) is 0.280. The Kier molecular flexibility index (Phi) is 7.32. The van der Waals surface area contributed by atoms with Crippen molar-refractivity contribution in [3.05, 3.63) is 94.0 Å². The van der Waals surface area contributed by atoms with Gasteiger partial charge >= 0.3 is 6.18 Å². The van der Waals surface area contributed by atoms with E-state index in [1.165, 1.54) is 30.3 Å². The number of nitro groups is 1. The topological polar surface area (TPSA) is 118 Å². The molecule has 1 amide bonds. The van der Waals surface area contributed by atoms with Gasteiger partial charge in [-0.15, -0.1) is 0 Å². The number of alkyl halides is 3. The van der Waals surface area contributed by atoms with Crippen molar-refractivity contribution in [1.82, 2.24) is 10.0 Å². The van der Waals surface area contributed by atoms with Gasteiger partial charge in [0.1, 0.15) is 0 Å². The highest BCUT2D eigenvalue weighted by Gasteiger charge is 2.30. The summed E-state index contributed by atoms with van der Waals surface area (Å²) in [7, 11) is -4.04. The number of non-ortho nitro benzene ring substituents is 1. The van der Waals surface area contributed by atoms with E-state index in [4.69, 9.17) is 0 Å². The monoisotopic (exact) mass is 493 g/mol. The van der Waals surface area contributed by atoms with Crippen LogP contribution in [-0.4, -0.2) is 32.3 Å². The minimum absolute atomic E-state index is 0.103. The third kappa shape index (κ3) is 5.97. The van der Waals surface area contributed by atoms with E-state index in [-0.39, 0.29) is 29.2 Å². The van der Waals surface area contributed by atoms with Crippen LogP contribution in [0.25, 0.3) is 11.1 Å². The molecule has 0 bridgehead atoms. The predicted molar refractivity (Wildman–Crippen MR) is 117 cm³/mol. The zero-order valence-corrected chi connectivity index (χ0v) is 18.2. The highest BCUT2D eigenvalue weighted by Crippen LogP contribution is 2.31. The van der Waals surface area contributed by atoms with E-state index in [1.807, 2.05) is 0 Å². The summed E-state index contributed by atoms with van der Waals surface area (Å²) in [6, 6.07) is 15.2. The van der Waals surface area contributed by atoms with Crippen LogP contribution in [0.3, 0.4) is 0 Å². The van der Waals surface area contributed by atoms with Crippen molar-refractivity contribution in [3.63, 3.8) is 0 Å². The van der Waals surface area contributed by atoms with Crippen molar-refractivity contribution in [2.75, 3.05) is 13.1 Å². The molecule has 0 saturated heterocycles. The van der Waals surface area contributed by atoms with Gasteiger partial charge in [-0.05, 0) is 35.4 Å². The first-order valence-corrected chi connectivity index (χ1v) is 11.3. The summed E-state index contributed by atoms with van der Waals surface area (Å²) >= 11 is 0. The van der Waals surface area contributed by atoms with Crippen LogP contribution in [0.4, 0.5) is 18.9 Å². The largest absolute Gasteiger partial charge is 0.416 e. The molecule has 0 aromatic heterocycles. The molecule has 0 unspecified atom stereocenters. The van der Waals surface area contributed by atoms with Crippen LogP contribution in [0, 0.1) is 10.1 Å². The van der Waals surface area contributed by atoms with Crippen molar-refractivity contribution >= 4 is 21.6 Å². The number of amides is 1. The lowest BCUT2D eigenvalue weighted by Crippen LogP contribution is -2.34. The summed E-state index contributed by atoms with van der Waals surface area (Å²) in [6.07, 6.45) is -4.48. The Morgan fingerprint density at radius 3 is 2.26 bits per heavy atom. The van der Waals surface area contributed by atoms with Crippen molar-refractivity contribution in [2.45, 2.75) is 11.1 Å². The number of sulfonamides is 1. The molecule has 2 N–H and O–H groups in total. The highest BCUT2D eigenvalue weighted by molar-refractivity contribution is 7.89. The normalized spacial score (nSPS) is 11.7. The Morgan fingerprint density at radius 1 is 0.941 bits per heavy atom. The molecule has 8 nitrogen and oxygen atoms in total. The van der Waals surface area contributed by atoms with E-state index in [0.29, 0.717) is 11.1 Å². The van der Waals surface area contributed by atoms with E-state index < -0.39 is 32.6 Å². The van der Waals surface area contributed by atoms with Crippen LogP contribution in [0.1, 0.15) is 15.9 Å². The van der Waals surface area contributed by atoms with Gasteiger partial charge in [-0.1, -0.05) is 36.4 Å². The maximum atomic E-state index is 12.8. The van der Waals surface area contributed by atoms with Crippen molar-refractivity contribution in [3.8, 4) is 11.1 Å². The number of halogens is 3. The summed E-state index contributed by atoms with van der Waals surface area (Å²) < 4.78 is 65.3. The third-order valence-electron chi connectivity index (χ3n) is 4.74. The van der Waals surface area contributed by atoms with Crippen LogP contribution >= 0.6 is 0 Å². The molecule has 34 heavy (non-hydrogen) atoms. The third-order valence-corrected chi connectivity index (χ3v) is 6.20. The fourth-order valence-corrected chi connectivity index (χ4v) is 4.15. The van der Waals surface area contributed by atoms with Gasteiger partial charge in [0, 0.05) is 30.8 Å². The first kappa shape index (κ1) is 24.9. The van der Waals surface area contributed by atoms with Gasteiger partial charge < -0.3 is 5.32 Å². The van der Waals surface area contributed by atoms with E-state index in [0.717, 1.165) is 24.3 Å². The van der Waals surface area contributed by atoms with Gasteiger partial charge in [-0.3, -0.25) is 14.9 Å². The van der Waals surface area contributed by atoms with Gasteiger partial charge in [0.15, 0.2) is 0 Å². The number of nitrogens with one attached hydrogen (secondary N) is 2.